The molecule has 1 aromatic carbocycles. The number of benzene rings is 1. The Morgan fingerprint density at radius 3 is 2.75 bits per heavy atom. The highest BCUT2D eigenvalue weighted by atomic mass is 79.9. The Kier molecular flexibility index (Phi) is 6.85. The first-order valence-electron chi connectivity index (χ1n) is 9.54. The van der Waals surface area contributed by atoms with Crippen LogP contribution in [0.5, 0.6) is 11.6 Å². The number of halogens is 3. The van der Waals surface area contributed by atoms with Gasteiger partial charge in [0.15, 0.2) is 5.82 Å². The van der Waals surface area contributed by atoms with Gasteiger partial charge in [0.1, 0.15) is 11.4 Å². The number of ether oxygens (including phenoxy) is 1. The molecular formula is C22H17BrCl2N4O2S. The number of pyridine rings is 1. The summed E-state index contributed by atoms with van der Waals surface area (Å²) in [5.41, 5.74) is 1.75. The van der Waals surface area contributed by atoms with Gasteiger partial charge in [-0.1, -0.05) is 37.0 Å². The molecule has 0 aliphatic rings. The molecule has 0 bridgehead atoms. The molecule has 0 saturated carbocycles. The lowest BCUT2D eigenvalue weighted by Gasteiger charge is -2.16. The second-order valence-electron chi connectivity index (χ2n) is 7.11. The Morgan fingerprint density at radius 2 is 2.06 bits per heavy atom. The Hall–Kier alpha value is -2.39. The summed E-state index contributed by atoms with van der Waals surface area (Å²) in [6.07, 6.45) is 1.58. The summed E-state index contributed by atoms with van der Waals surface area (Å²) in [4.78, 5) is 17.7. The van der Waals surface area contributed by atoms with Crippen LogP contribution >= 0.6 is 50.5 Å². The van der Waals surface area contributed by atoms with Crippen LogP contribution in [0.1, 0.15) is 35.8 Å². The van der Waals surface area contributed by atoms with Gasteiger partial charge in [-0.15, -0.1) is 16.4 Å². The van der Waals surface area contributed by atoms with Crippen LogP contribution in [0.4, 0.5) is 5.69 Å². The van der Waals surface area contributed by atoms with E-state index in [2.05, 4.69) is 31.3 Å². The van der Waals surface area contributed by atoms with Crippen molar-refractivity contribution < 1.29 is 9.53 Å². The molecule has 3 aromatic heterocycles. The van der Waals surface area contributed by atoms with Crippen molar-refractivity contribution in [3.63, 3.8) is 0 Å². The first-order chi connectivity index (χ1) is 15.3. The third kappa shape index (κ3) is 4.83. The minimum atomic E-state index is -0.399. The topological polar surface area (TPSA) is 69.0 Å². The minimum absolute atomic E-state index is 0.132. The molecule has 32 heavy (non-hydrogen) atoms. The van der Waals surface area contributed by atoms with Crippen LogP contribution in [0, 0.1) is 0 Å². The van der Waals surface area contributed by atoms with Crippen molar-refractivity contribution in [2.75, 3.05) is 5.32 Å². The van der Waals surface area contributed by atoms with E-state index in [9.17, 15) is 4.79 Å². The molecule has 0 saturated heterocycles. The molecule has 0 fully saturated rings. The van der Waals surface area contributed by atoms with Gasteiger partial charge in [-0.05, 0) is 63.1 Å². The predicted molar refractivity (Wildman–Crippen MR) is 132 cm³/mol. The molecule has 0 radical (unpaired) electrons. The molecule has 6 nitrogen and oxygen atoms in total. The largest absolute Gasteiger partial charge is 0.437 e. The van der Waals surface area contributed by atoms with Crippen LogP contribution in [0.25, 0.3) is 5.82 Å². The second-order valence-corrected chi connectivity index (χ2v) is 9.59. The third-order valence-corrected chi connectivity index (χ3v) is 6.32. The average molecular weight is 552 g/mol. The number of anilines is 1. The molecule has 10 heteroatoms. The van der Waals surface area contributed by atoms with Crippen LogP contribution in [0.15, 0.2) is 57.8 Å². The van der Waals surface area contributed by atoms with Gasteiger partial charge in [0.05, 0.1) is 10.7 Å². The number of amides is 1. The van der Waals surface area contributed by atoms with Gasteiger partial charge >= 0.3 is 0 Å². The van der Waals surface area contributed by atoms with E-state index in [1.807, 2.05) is 36.7 Å². The molecule has 3 heterocycles. The van der Waals surface area contributed by atoms with E-state index in [0.29, 0.717) is 31.8 Å². The summed E-state index contributed by atoms with van der Waals surface area (Å²) in [5.74, 6) is 0.923. The van der Waals surface area contributed by atoms with Crippen molar-refractivity contribution in [3.05, 3.63) is 79.1 Å². The van der Waals surface area contributed by atoms with Gasteiger partial charge in [-0.25, -0.2) is 9.67 Å². The Labute approximate surface area is 207 Å². The maximum Gasteiger partial charge on any atom is 0.274 e. The fraction of sp³-hybridized carbons (Fsp3) is 0.136. The van der Waals surface area contributed by atoms with E-state index in [4.69, 9.17) is 27.9 Å². The molecule has 4 rings (SSSR count). The van der Waals surface area contributed by atoms with Crippen LogP contribution in [-0.4, -0.2) is 20.7 Å². The lowest BCUT2D eigenvalue weighted by atomic mass is 10.0. The summed E-state index contributed by atoms with van der Waals surface area (Å²) < 4.78 is 7.86. The van der Waals surface area contributed by atoms with Crippen LogP contribution in [0.2, 0.25) is 10.0 Å². The van der Waals surface area contributed by atoms with E-state index < -0.39 is 5.91 Å². The zero-order chi connectivity index (χ0) is 22.8. The third-order valence-electron chi connectivity index (χ3n) is 4.52. The molecule has 1 N–H and O–H groups in total. The Balaban J connectivity index is 1.76. The number of rotatable bonds is 6. The number of nitrogens with zero attached hydrogens (tertiary/aromatic N) is 3. The number of carbonyl (C=O) groups excluding carboxylic acids is 1. The van der Waals surface area contributed by atoms with Gasteiger partial charge in [0.2, 0.25) is 5.88 Å². The summed E-state index contributed by atoms with van der Waals surface area (Å²) >= 11 is 17.6. The van der Waals surface area contributed by atoms with Gasteiger partial charge in [-0.3, -0.25) is 4.79 Å². The van der Waals surface area contributed by atoms with Crippen molar-refractivity contribution >= 4 is 62.1 Å². The number of thiophene rings is 1. The fourth-order valence-corrected chi connectivity index (χ4v) is 4.74. The van der Waals surface area contributed by atoms with Crippen molar-refractivity contribution in [1.29, 1.82) is 0 Å². The molecule has 0 unspecified atom stereocenters. The molecule has 0 atom stereocenters. The Bertz CT molecular complexity index is 1280. The first-order valence-corrected chi connectivity index (χ1v) is 12.0. The van der Waals surface area contributed by atoms with Gasteiger partial charge in [-0.2, -0.15) is 0 Å². The SMILES string of the molecule is CC(C)c1cc(Cl)cc(Br)c1NC(=O)c1cc(Oc2ccsc2)nn1-c1ncccc1Cl. The smallest absolute Gasteiger partial charge is 0.274 e. The molecule has 1 amide bonds. The number of aromatic nitrogens is 3. The fourth-order valence-electron chi connectivity index (χ4n) is 3.05. The van der Waals surface area contributed by atoms with E-state index in [1.54, 1.807) is 30.5 Å². The number of nitrogens with one attached hydrogen (secondary N) is 1. The predicted octanol–water partition coefficient (Wildman–Crippen LogP) is 7.57. The molecule has 4 aromatic rings. The molecular weight excluding hydrogens is 535 g/mol. The van der Waals surface area contributed by atoms with E-state index in [0.717, 1.165) is 5.56 Å². The van der Waals surface area contributed by atoms with Crippen LogP contribution in [0.3, 0.4) is 0 Å². The molecule has 164 valence electrons. The number of hydrogen-bond donors (Lipinski definition) is 1. The average Bonchev–Trinajstić information content (AvgIpc) is 3.40. The number of hydrogen-bond acceptors (Lipinski definition) is 5. The van der Waals surface area contributed by atoms with Gasteiger partial charge in [0, 0.05) is 27.1 Å². The van der Waals surface area contributed by atoms with Gasteiger partial charge in [0.25, 0.3) is 5.91 Å². The monoisotopic (exact) mass is 550 g/mol. The summed E-state index contributed by atoms with van der Waals surface area (Å²) in [6, 6.07) is 10.3. The maximum absolute atomic E-state index is 13.4. The van der Waals surface area contributed by atoms with Crippen molar-refractivity contribution in [3.8, 4) is 17.4 Å². The van der Waals surface area contributed by atoms with Crippen LogP contribution in [-0.2, 0) is 0 Å². The summed E-state index contributed by atoms with van der Waals surface area (Å²) in [6.45, 7) is 4.05. The summed E-state index contributed by atoms with van der Waals surface area (Å²) in [5, 5.41) is 12.1. The number of carbonyl (C=O) groups is 1. The van der Waals surface area contributed by atoms with E-state index in [-0.39, 0.29) is 17.5 Å². The normalized spacial score (nSPS) is 11.1. The zero-order valence-corrected chi connectivity index (χ0v) is 20.9. The molecule has 0 aliphatic heterocycles. The highest BCUT2D eigenvalue weighted by Crippen LogP contribution is 2.35. The van der Waals surface area contributed by atoms with E-state index in [1.165, 1.54) is 16.0 Å². The van der Waals surface area contributed by atoms with Crippen molar-refractivity contribution in [2.45, 2.75) is 19.8 Å². The van der Waals surface area contributed by atoms with Crippen molar-refractivity contribution in [1.82, 2.24) is 14.8 Å². The van der Waals surface area contributed by atoms with E-state index >= 15 is 0 Å². The quantitative estimate of drug-likeness (QED) is 0.268. The van der Waals surface area contributed by atoms with Crippen molar-refractivity contribution in [2.24, 2.45) is 0 Å². The second kappa shape index (κ2) is 9.62. The first kappa shape index (κ1) is 22.8. The van der Waals surface area contributed by atoms with Gasteiger partial charge < -0.3 is 10.1 Å². The molecule has 0 spiro atoms. The zero-order valence-electron chi connectivity index (χ0n) is 17.0. The highest BCUT2D eigenvalue weighted by Gasteiger charge is 2.23. The summed E-state index contributed by atoms with van der Waals surface area (Å²) in [7, 11) is 0. The van der Waals surface area contributed by atoms with Crippen LogP contribution < -0.4 is 10.1 Å². The minimum Gasteiger partial charge on any atom is -0.437 e. The Morgan fingerprint density at radius 1 is 1.25 bits per heavy atom. The lowest BCUT2D eigenvalue weighted by molar-refractivity contribution is 0.101. The lowest BCUT2D eigenvalue weighted by Crippen LogP contribution is -2.19. The maximum atomic E-state index is 13.4. The molecule has 0 aliphatic carbocycles. The standard InChI is InChI=1S/C22H17BrCl2N4O2S/c1-12(2)15-8-13(24)9-16(23)20(15)27-22(30)18-10-19(31-14-5-7-32-11-14)28-29(18)21-17(25)4-3-6-26-21/h3-12H,1-2H3,(H,27,30). The highest BCUT2D eigenvalue weighted by molar-refractivity contribution is 9.10.